The van der Waals surface area contributed by atoms with Gasteiger partial charge in [0.1, 0.15) is 42.4 Å². The minimum absolute atomic E-state index is 0.233. The van der Waals surface area contributed by atoms with Gasteiger partial charge in [0.05, 0.1) is 7.11 Å². The third-order valence-electron chi connectivity index (χ3n) is 4.69. The van der Waals surface area contributed by atoms with Crippen LogP contribution in [0.4, 0.5) is 0 Å². The molecule has 0 aliphatic heterocycles. The Morgan fingerprint density at radius 2 is 1.63 bits per heavy atom. The first-order valence-corrected chi connectivity index (χ1v) is 9.85. The number of aromatic nitrogens is 2. The molecule has 1 atom stereocenters. The molecule has 30 heavy (non-hydrogen) atoms. The maximum Gasteiger partial charge on any atom is 0.146 e. The Kier molecular flexibility index (Phi) is 7.70. The van der Waals surface area contributed by atoms with Crippen molar-refractivity contribution in [2.24, 2.45) is 7.05 Å². The number of methoxy groups -OCH3 is 1. The van der Waals surface area contributed by atoms with E-state index in [1.807, 2.05) is 73.4 Å². The number of imidazole rings is 1. The smallest absolute Gasteiger partial charge is 0.146 e. The number of hydrogen-bond donors (Lipinski definition) is 1. The minimum atomic E-state index is -0.586. The fourth-order valence-electron chi connectivity index (χ4n) is 3.03. The van der Waals surface area contributed by atoms with Crippen LogP contribution in [0.5, 0.6) is 17.2 Å². The van der Waals surface area contributed by atoms with Gasteiger partial charge in [-0.2, -0.15) is 0 Å². The van der Waals surface area contributed by atoms with Gasteiger partial charge < -0.3 is 23.9 Å². The molecule has 1 aromatic heterocycles. The summed E-state index contributed by atoms with van der Waals surface area (Å²) in [7, 11) is 5.54. The zero-order valence-corrected chi connectivity index (χ0v) is 17.7. The van der Waals surface area contributed by atoms with Gasteiger partial charge in [-0.1, -0.05) is 12.1 Å². The van der Waals surface area contributed by atoms with Crippen molar-refractivity contribution in [1.29, 1.82) is 0 Å². The van der Waals surface area contributed by atoms with Gasteiger partial charge in [0, 0.05) is 32.5 Å². The first-order chi connectivity index (χ1) is 14.5. The molecule has 7 heteroatoms. The number of hydrogen-bond acceptors (Lipinski definition) is 6. The lowest BCUT2D eigenvalue weighted by atomic mass is 10.2. The van der Waals surface area contributed by atoms with Crippen molar-refractivity contribution in [2.45, 2.75) is 19.3 Å². The van der Waals surface area contributed by atoms with Gasteiger partial charge in [-0.25, -0.2) is 4.98 Å². The second kappa shape index (κ2) is 10.7. The highest BCUT2D eigenvalue weighted by Gasteiger charge is 2.10. The van der Waals surface area contributed by atoms with E-state index in [4.69, 9.17) is 14.2 Å². The molecule has 0 spiro atoms. The van der Waals surface area contributed by atoms with E-state index in [-0.39, 0.29) is 6.61 Å². The third kappa shape index (κ3) is 6.50. The molecule has 3 rings (SSSR count). The molecule has 0 amide bonds. The lowest BCUT2D eigenvalue weighted by molar-refractivity contribution is 0.0743. The predicted molar refractivity (Wildman–Crippen MR) is 115 cm³/mol. The molecule has 1 heterocycles. The maximum atomic E-state index is 10.3. The van der Waals surface area contributed by atoms with Crippen molar-refractivity contribution >= 4 is 0 Å². The van der Waals surface area contributed by atoms with Crippen molar-refractivity contribution in [3.8, 4) is 17.2 Å². The van der Waals surface area contributed by atoms with Crippen LogP contribution in [0.25, 0.3) is 0 Å². The van der Waals surface area contributed by atoms with Crippen LogP contribution >= 0.6 is 0 Å². The normalized spacial score (nSPS) is 12.0. The van der Waals surface area contributed by atoms with Crippen LogP contribution in [-0.4, -0.2) is 53.0 Å². The molecule has 160 valence electrons. The highest BCUT2D eigenvalue weighted by molar-refractivity contribution is 5.31. The molecule has 7 nitrogen and oxygen atoms in total. The predicted octanol–water partition coefficient (Wildman–Crippen LogP) is 2.88. The van der Waals surface area contributed by atoms with Crippen LogP contribution in [0, 0.1) is 0 Å². The molecule has 0 saturated heterocycles. The van der Waals surface area contributed by atoms with Gasteiger partial charge in [-0.05, 0) is 49.0 Å². The lowest BCUT2D eigenvalue weighted by Gasteiger charge is -2.21. The monoisotopic (exact) mass is 411 g/mol. The molecule has 0 saturated carbocycles. The number of likely N-dealkylation sites (N-methyl/N-ethyl adjacent to an activating group) is 1. The second-order valence-corrected chi connectivity index (χ2v) is 7.22. The Morgan fingerprint density at radius 1 is 1.00 bits per heavy atom. The standard InChI is InChI=1S/C23H29N3O4/c1-25(15-19(27)16-29-22-10-8-20(28-3)9-11-22)14-18-4-6-21(7-5-18)30-17-23-24-12-13-26(23)2/h4-13,19,27H,14-17H2,1-3H3. The molecule has 0 aliphatic rings. The molecule has 3 aromatic rings. The summed E-state index contributed by atoms with van der Waals surface area (Å²) in [6.07, 6.45) is 3.07. The Labute approximate surface area is 177 Å². The summed E-state index contributed by atoms with van der Waals surface area (Å²) in [6.45, 7) is 1.90. The quantitative estimate of drug-likeness (QED) is 0.523. The SMILES string of the molecule is COc1ccc(OCC(O)CN(C)Cc2ccc(OCc3nccn3C)cc2)cc1. The fraction of sp³-hybridized carbons (Fsp3) is 0.348. The zero-order chi connectivity index (χ0) is 21.3. The molecule has 0 fully saturated rings. The van der Waals surface area contributed by atoms with Crippen LogP contribution in [-0.2, 0) is 20.2 Å². The van der Waals surface area contributed by atoms with Crippen LogP contribution in [0.1, 0.15) is 11.4 Å². The summed E-state index contributed by atoms with van der Waals surface area (Å²) in [5.41, 5.74) is 1.14. The molecular weight excluding hydrogens is 382 g/mol. The van der Waals surface area contributed by atoms with E-state index in [0.717, 1.165) is 29.4 Å². The van der Waals surface area contributed by atoms with E-state index in [1.165, 1.54) is 0 Å². The topological polar surface area (TPSA) is 69.0 Å². The van der Waals surface area contributed by atoms with E-state index in [2.05, 4.69) is 9.88 Å². The van der Waals surface area contributed by atoms with E-state index < -0.39 is 6.10 Å². The number of benzene rings is 2. The first-order valence-electron chi connectivity index (χ1n) is 9.85. The average Bonchev–Trinajstić information content (AvgIpc) is 3.16. The summed E-state index contributed by atoms with van der Waals surface area (Å²) in [4.78, 5) is 6.31. The highest BCUT2D eigenvalue weighted by atomic mass is 16.5. The number of nitrogens with zero attached hydrogens (tertiary/aromatic N) is 3. The largest absolute Gasteiger partial charge is 0.497 e. The van der Waals surface area contributed by atoms with Gasteiger partial charge in [0.25, 0.3) is 0 Å². The van der Waals surface area contributed by atoms with Gasteiger partial charge in [-0.3, -0.25) is 4.90 Å². The summed E-state index contributed by atoms with van der Waals surface area (Å²) in [6, 6.07) is 15.3. The van der Waals surface area contributed by atoms with Gasteiger partial charge in [0.15, 0.2) is 0 Å². The van der Waals surface area contributed by atoms with Crippen LogP contribution < -0.4 is 14.2 Å². The molecule has 2 aromatic carbocycles. The highest BCUT2D eigenvalue weighted by Crippen LogP contribution is 2.18. The Balaban J connectivity index is 1.40. The second-order valence-electron chi connectivity index (χ2n) is 7.22. The molecule has 0 radical (unpaired) electrons. The van der Waals surface area contributed by atoms with Crippen LogP contribution in [0.3, 0.4) is 0 Å². The van der Waals surface area contributed by atoms with Crippen molar-refractivity contribution in [1.82, 2.24) is 14.5 Å². The van der Waals surface area contributed by atoms with Gasteiger partial charge in [-0.15, -0.1) is 0 Å². The van der Waals surface area contributed by atoms with E-state index in [9.17, 15) is 5.11 Å². The van der Waals surface area contributed by atoms with E-state index >= 15 is 0 Å². The Hall–Kier alpha value is -3.03. The summed E-state index contributed by atoms with van der Waals surface area (Å²) >= 11 is 0. The third-order valence-corrected chi connectivity index (χ3v) is 4.69. The number of aliphatic hydroxyl groups excluding tert-OH is 1. The lowest BCUT2D eigenvalue weighted by Crippen LogP contribution is -2.32. The maximum absolute atomic E-state index is 10.3. The van der Waals surface area contributed by atoms with Crippen molar-refractivity contribution < 1.29 is 19.3 Å². The van der Waals surface area contributed by atoms with Gasteiger partial charge in [0.2, 0.25) is 0 Å². The number of aryl methyl sites for hydroxylation is 1. The molecule has 0 aliphatic carbocycles. The van der Waals surface area contributed by atoms with Crippen molar-refractivity contribution in [3.63, 3.8) is 0 Å². The Bertz CT molecular complexity index is 894. The Morgan fingerprint density at radius 3 is 2.27 bits per heavy atom. The molecular formula is C23H29N3O4. The summed E-state index contributed by atoms with van der Waals surface area (Å²) < 4.78 is 18.5. The molecule has 0 bridgehead atoms. The average molecular weight is 412 g/mol. The van der Waals surface area contributed by atoms with Gasteiger partial charge >= 0.3 is 0 Å². The minimum Gasteiger partial charge on any atom is -0.497 e. The molecule has 1 N–H and O–H groups in total. The van der Waals surface area contributed by atoms with Crippen molar-refractivity contribution in [3.05, 3.63) is 72.3 Å². The number of aliphatic hydroxyl groups is 1. The number of ether oxygens (including phenoxy) is 3. The summed E-state index contributed by atoms with van der Waals surface area (Å²) in [5.74, 6) is 3.16. The van der Waals surface area contributed by atoms with E-state index in [0.29, 0.717) is 18.9 Å². The van der Waals surface area contributed by atoms with E-state index in [1.54, 1.807) is 13.3 Å². The summed E-state index contributed by atoms with van der Waals surface area (Å²) in [5, 5.41) is 10.3. The fourth-order valence-corrected chi connectivity index (χ4v) is 3.03. The molecule has 1 unspecified atom stereocenters. The van der Waals surface area contributed by atoms with Crippen LogP contribution in [0.2, 0.25) is 0 Å². The number of rotatable bonds is 11. The zero-order valence-electron chi connectivity index (χ0n) is 17.7. The van der Waals surface area contributed by atoms with Crippen LogP contribution in [0.15, 0.2) is 60.9 Å². The first kappa shape index (κ1) is 21.7. The van der Waals surface area contributed by atoms with Crippen molar-refractivity contribution in [2.75, 3.05) is 27.3 Å².